The number of hydrogen-bond acceptors (Lipinski definition) is 5. The zero-order chi connectivity index (χ0) is 22.7. The Labute approximate surface area is 188 Å². The molecule has 4 rings (SSSR count). The van der Waals surface area contributed by atoms with Crippen LogP contribution in [0.2, 0.25) is 0 Å². The third-order valence-electron chi connectivity index (χ3n) is 6.14. The molecule has 1 spiro atoms. The van der Waals surface area contributed by atoms with Crippen LogP contribution in [0, 0.1) is 6.92 Å². The van der Waals surface area contributed by atoms with Gasteiger partial charge >= 0.3 is 0 Å². The minimum atomic E-state index is -0.512. The number of carbonyl (C=O) groups is 2. The van der Waals surface area contributed by atoms with Gasteiger partial charge in [0.2, 0.25) is 5.91 Å². The Morgan fingerprint density at radius 2 is 1.94 bits per heavy atom. The van der Waals surface area contributed by atoms with Gasteiger partial charge in [-0.15, -0.1) is 0 Å². The van der Waals surface area contributed by atoms with Gasteiger partial charge in [0.1, 0.15) is 11.4 Å². The summed E-state index contributed by atoms with van der Waals surface area (Å²) < 4.78 is 17.2. The van der Waals surface area contributed by atoms with E-state index in [-0.39, 0.29) is 11.7 Å². The van der Waals surface area contributed by atoms with Gasteiger partial charge in [0.05, 0.1) is 25.7 Å². The second-order valence-electron chi connectivity index (χ2n) is 8.39. The molecular formula is C26H29NO5. The normalized spacial score (nSPS) is 17.2. The van der Waals surface area contributed by atoms with Gasteiger partial charge in [0.15, 0.2) is 17.3 Å². The number of piperidine rings is 1. The summed E-state index contributed by atoms with van der Waals surface area (Å²) in [5.41, 5.74) is 2.07. The number of nitrogens with zero attached hydrogens (tertiary/aromatic N) is 1. The number of benzene rings is 2. The van der Waals surface area contributed by atoms with Crippen LogP contribution in [0.3, 0.4) is 0 Å². The maximum atomic E-state index is 12.7. The van der Waals surface area contributed by atoms with Crippen LogP contribution in [-0.4, -0.2) is 49.0 Å². The number of likely N-dealkylation sites (tertiary alicyclic amines) is 1. The molecule has 6 heteroatoms. The van der Waals surface area contributed by atoms with Crippen molar-refractivity contribution in [1.29, 1.82) is 0 Å². The van der Waals surface area contributed by atoms with Crippen molar-refractivity contribution in [3.05, 3.63) is 59.2 Å². The molecule has 2 aromatic rings. The molecule has 2 aromatic carbocycles. The van der Waals surface area contributed by atoms with Crippen LogP contribution in [0.15, 0.2) is 42.5 Å². The monoisotopic (exact) mass is 435 g/mol. The van der Waals surface area contributed by atoms with Crippen molar-refractivity contribution in [1.82, 2.24) is 4.90 Å². The van der Waals surface area contributed by atoms with E-state index in [0.29, 0.717) is 61.8 Å². The van der Waals surface area contributed by atoms with E-state index < -0.39 is 5.60 Å². The van der Waals surface area contributed by atoms with Gasteiger partial charge in [-0.25, -0.2) is 0 Å². The quantitative estimate of drug-likeness (QED) is 0.650. The first-order chi connectivity index (χ1) is 15.4. The van der Waals surface area contributed by atoms with Crippen LogP contribution in [-0.2, 0) is 4.79 Å². The number of methoxy groups -OCH3 is 1. The molecule has 1 fully saturated rings. The molecule has 0 aliphatic carbocycles. The van der Waals surface area contributed by atoms with Gasteiger partial charge in [0.25, 0.3) is 0 Å². The van der Waals surface area contributed by atoms with Crippen LogP contribution in [0.5, 0.6) is 17.2 Å². The van der Waals surface area contributed by atoms with Gasteiger partial charge in [-0.3, -0.25) is 9.59 Å². The molecule has 2 aliphatic rings. The number of Topliss-reactive ketones (excluding diaryl/α,β-unsaturated/α-hetero) is 1. The van der Waals surface area contributed by atoms with Crippen LogP contribution in [0.25, 0.3) is 6.08 Å². The molecule has 6 nitrogen and oxygen atoms in total. The van der Waals surface area contributed by atoms with E-state index >= 15 is 0 Å². The predicted octanol–water partition coefficient (Wildman–Crippen LogP) is 4.44. The third-order valence-corrected chi connectivity index (χ3v) is 6.14. The maximum Gasteiger partial charge on any atom is 0.246 e. The average Bonchev–Trinajstić information content (AvgIpc) is 2.79. The van der Waals surface area contributed by atoms with E-state index in [0.717, 1.165) is 11.1 Å². The Morgan fingerprint density at radius 1 is 1.16 bits per heavy atom. The molecule has 0 atom stereocenters. The minimum Gasteiger partial charge on any atom is -0.493 e. The van der Waals surface area contributed by atoms with Crippen molar-refractivity contribution >= 4 is 17.8 Å². The first-order valence-corrected chi connectivity index (χ1v) is 11.0. The molecule has 1 saturated heterocycles. The highest BCUT2D eigenvalue weighted by Crippen LogP contribution is 2.39. The summed E-state index contributed by atoms with van der Waals surface area (Å²) in [5.74, 6) is 2.05. The second-order valence-corrected chi connectivity index (χ2v) is 8.39. The number of carbonyl (C=O) groups excluding carboxylic acids is 2. The lowest BCUT2D eigenvalue weighted by molar-refractivity contribution is -0.129. The molecule has 2 aliphatic heterocycles. The lowest BCUT2D eigenvalue weighted by atomic mass is 9.82. The zero-order valence-electron chi connectivity index (χ0n) is 18.8. The number of ketones is 1. The van der Waals surface area contributed by atoms with Crippen LogP contribution >= 0.6 is 0 Å². The largest absolute Gasteiger partial charge is 0.493 e. The molecule has 0 bridgehead atoms. The fourth-order valence-corrected chi connectivity index (χ4v) is 4.36. The third kappa shape index (κ3) is 4.49. The molecule has 2 heterocycles. The highest BCUT2D eigenvalue weighted by atomic mass is 16.5. The van der Waals surface area contributed by atoms with Crippen molar-refractivity contribution in [3.8, 4) is 17.2 Å². The summed E-state index contributed by atoms with van der Waals surface area (Å²) in [6.07, 6.45) is 5.01. The lowest BCUT2D eigenvalue weighted by Crippen LogP contribution is -2.52. The molecule has 0 unspecified atom stereocenters. The SMILES string of the molecule is CCOc1ccc(/C=C/C(=O)N2CCC3(CC2)CC(=O)c2cc(C)ccc2O3)cc1OC. The first-order valence-electron chi connectivity index (χ1n) is 11.0. The summed E-state index contributed by atoms with van der Waals surface area (Å²) in [7, 11) is 1.59. The molecule has 32 heavy (non-hydrogen) atoms. The van der Waals surface area contributed by atoms with Crippen molar-refractivity contribution in [2.75, 3.05) is 26.8 Å². The van der Waals surface area contributed by atoms with Gasteiger partial charge in [-0.2, -0.15) is 0 Å². The molecule has 0 saturated carbocycles. The van der Waals surface area contributed by atoms with E-state index in [4.69, 9.17) is 14.2 Å². The van der Waals surface area contributed by atoms with E-state index in [2.05, 4.69) is 0 Å². The number of ether oxygens (including phenoxy) is 3. The number of hydrogen-bond donors (Lipinski definition) is 0. The van der Waals surface area contributed by atoms with Gasteiger partial charge in [-0.1, -0.05) is 17.7 Å². The standard InChI is InChI=1S/C26H29NO5/c1-4-31-23-9-6-19(16-24(23)30-3)7-10-25(29)27-13-11-26(12-14-27)17-21(28)20-15-18(2)5-8-22(20)32-26/h5-10,15-16H,4,11-14,17H2,1-3H3/b10-7+. The van der Waals surface area contributed by atoms with E-state index in [9.17, 15) is 9.59 Å². The first kappa shape index (κ1) is 21.9. The number of rotatable bonds is 5. The van der Waals surface area contributed by atoms with E-state index in [1.165, 1.54) is 0 Å². The number of amides is 1. The Kier molecular flexibility index (Phi) is 6.21. The van der Waals surface area contributed by atoms with Gasteiger partial charge in [-0.05, 0) is 49.8 Å². The summed E-state index contributed by atoms with van der Waals surface area (Å²) in [4.78, 5) is 27.3. The molecule has 0 radical (unpaired) electrons. The molecule has 0 N–H and O–H groups in total. The highest BCUT2D eigenvalue weighted by molar-refractivity contribution is 6.00. The van der Waals surface area contributed by atoms with Gasteiger partial charge < -0.3 is 19.1 Å². The fraction of sp³-hybridized carbons (Fsp3) is 0.385. The van der Waals surface area contributed by atoms with E-state index in [1.54, 1.807) is 19.3 Å². The van der Waals surface area contributed by atoms with Crippen LogP contribution < -0.4 is 14.2 Å². The maximum absolute atomic E-state index is 12.7. The summed E-state index contributed by atoms with van der Waals surface area (Å²) in [6, 6.07) is 11.3. The van der Waals surface area contributed by atoms with Crippen molar-refractivity contribution < 1.29 is 23.8 Å². The average molecular weight is 436 g/mol. The molecule has 168 valence electrons. The minimum absolute atomic E-state index is 0.0501. The summed E-state index contributed by atoms with van der Waals surface area (Å²) in [6.45, 7) is 5.57. The van der Waals surface area contributed by atoms with Crippen molar-refractivity contribution in [2.24, 2.45) is 0 Å². The fourth-order valence-electron chi connectivity index (χ4n) is 4.36. The molecule has 1 amide bonds. The predicted molar refractivity (Wildman–Crippen MR) is 122 cm³/mol. The topological polar surface area (TPSA) is 65.1 Å². The highest BCUT2D eigenvalue weighted by Gasteiger charge is 2.43. The Morgan fingerprint density at radius 3 is 2.66 bits per heavy atom. The lowest BCUT2D eigenvalue weighted by Gasteiger charge is -2.43. The second kappa shape index (κ2) is 9.07. The number of fused-ring (bicyclic) bond motifs is 1. The van der Waals surface area contributed by atoms with Crippen molar-refractivity contribution in [3.63, 3.8) is 0 Å². The van der Waals surface area contributed by atoms with Crippen LogP contribution in [0.4, 0.5) is 0 Å². The Hall–Kier alpha value is -3.28. The number of aryl methyl sites for hydroxylation is 1. The smallest absolute Gasteiger partial charge is 0.246 e. The molecular weight excluding hydrogens is 406 g/mol. The molecule has 0 aromatic heterocycles. The summed E-state index contributed by atoms with van der Waals surface area (Å²) in [5, 5.41) is 0. The zero-order valence-corrected chi connectivity index (χ0v) is 18.8. The van der Waals surface area contributed by atoms with Gasteiger partial charge in [0, 0.05) is 32.0 Å². The van der Waals surface area contributed by atoms with Crippen molar-refractivity contribution in [2.45, 2.75) is 38.7 Å². The Bertz CT molecular complexity index is 1050. The summed E-state index contributed by atoms with van der Waals surface area (Å²) >= 11 is 0. The Balaban J connectivity index is 1.39. The van der Waals surface area contributed by atoms with Crippen LogP contribution in [0.1, 0.15) is 47.7 Å². The van der Waals surface area contributed by atoms with E-state index in [1.807, 2.05) is 55.1 Å².